The average molecular weight is 341 g/mol. The second-order valence-corrected chi connectivity index (χ2v) is 6.63. The van der Waals surface area contributed by atoms with Gasteiger partial charge in [-0.25, -0.2) is 0 Å². The molecule has 4 rings (SSSR count). The van der Waals surface area contributed by atoms with Gasteiger partial charge in [-0.15, -0.1) is 0 Å². The summed E-state index contributed by atoms with van der Waals surface area (Å²) in [5.74, 6) is 0.935. The highest BCUT2D eigenvalue weighted by atomic mass is 16.5. The number of aliphatic imine (C=N–C) groups is 1. The number of ether oxygens (including phenoxy) is 1. The Labute approximate surface area is 155 Å². The van der Waals surface area contributed by atoms with E-state index in [9.17, 15) is 0 Å². The zero-order chi connectivity index (χ0) is 17.8. The summed E-state index contributed by atoms with van der Waals surface area (Å²) in [6.07, 6.45) is 4.19. The van der Waals surface area contributed by atoms with E-state index < -0.39 is 0 Å². The lowest BCUT2D eigenvalue weighted by molar-refractivity contribution is 0.309. The molecule has 0 aromatic heterocycles. The van der Waals surface area contributed by atoms with Gasteiger partial charge in [-0.1, -0.05) is 74.0 Å². The maximum absolute atomic E-state index is 5.93. The van der Waals surface area contributed by atoms with Crippen LogP contribution in [0, 0.1) is 0 Å². The third-order valence-corrected chi connectivity index (χ3v) is 4.80. The summed E-state index contributed by atoms with van der Waals surface area (Å²) in [6.45, 7) is 2.94. The van der Waals surface area contributed by atoms with Gasteiger partial charge in [0.25, 0.3) is 0 Å². The van der Waals surface area contributed by atoms with Crippen LogP contribution in [-0.2, 0) is 0 Å². The van der Waals surface area contributed by atoms with Gasteiger partial charge < -0.3 is 4.74 Å². The van der Waals surface area contributed by atoms with Crippen LogP contribution in [0.1, 0.15) is 42.5 Å². The van der Waals surface area contributed by atoms with Crippen LogP contribution < -0.4 is 4.74 Å². The Balaban J connectivity index is 1.69. The molecule has 1 atom stereocenters. The molecular weight excluding hydrogens is 318 g/mol. The highest BCUT2D eigenvalue weighted by molar-refractivity contribution is 5.83. The zero-order valence-electron chi connectivity index (χ0n) is 15.1. The van der Waals surface area contributed by atoms with Crippen LogP contribution in [0.15, 0.2) is 77.8 Å². The van der Waals surface area contributed by atoms with Crippen molar-refractivity contribution in [3.8, 4) is 16.9 Å². The van der Waals surface area contributed by atoms with Crippen molar-refractivity contribution in [1.29, 1.82) is 0 Å². The molecule has 3 aromatic rings. The van der Waals surface area contributed by atoms with E-state index in [2.05, 4.69) is 61.5 Å². The van der Waals surface area contributed by atoms with Crippen LogP contribution in [0.4, 0.5) is 0 Å². The minimum Gasteiger partial charge on any atom is -0.494 e. The monoisotopic (exact) mass is 341 g/mol. The van der Waals surface area contributed by atoms with E-state index >= 15 is 0 Å². The quantitative estimate of drug-likeness (QED) is 0.395. The molecule has 0 heterocycles. The van der Waals surface area contributed by atoms with Gasteiger partial charge >= 0.3 is 0 Å². The molecule has 0 saturated heterocycles. The molecule has 0 amide bonds. The molecular formula is C24H23NO. The minimum absolute atomic E-state index is 0.0242. The molecule has 3 aromatic carbocycles. The Hall–Kier alpha value is -2.87. The SMILES string of the molecule is CCCCOc1ccc2c(c1)C(N=Cc1ccccc1)c1ccccc1-2. The van der Waals surface area contributed by atoms with Gasteiger partial charge in [0.2, 0.25) is 0 Å². The Morgan fingerprint density at radius 3 is 2.50 bits per heavy atom. The molecule has 0 saturated carbocycles. The van der Waals surface area contributed by atoms with Crippen LogP contribution >= 0.6 is 0 Å². The van der Waals surface area contributed by atoms with E-state index in [0.29, 0.717) is 0 Å². The Morgan fingerprint density at radius 1 is 0.885 bits per heavy atom. The van der Waals surface area contributed by atoms with Gasteiger partial charge in [0.05, 0.1) is 6.61 Å². The molecule has 0 bridgehead atoms. The summed E-state index contributed by atoms with van der Waals surface area (Å²) < 4.78 is 5.93. The number of rotatable bonds is 6. The molecule has 0 fully saturated rings. The van der Waals surface area contributed by atoms with Gasteiger partial charge in [0, 0.05) is 6.21 Å². The van der Waals surface area contributed by atoms with Gasteiger partial charge in [0.15, 0.2) is 0 Å². The van der Waals surface area contributed by atoms with Crippen molar-refractivity contribution in [3.05, 3.63) is 89.5 Å². The predicted molar refractivity (Wildman–Crippen MR) is 108 cm³/mol. The maximum Gasteiger partial charge on any atom is 0.119 e. The van der Waals surface area contributed by atoms with E-state index in [1.54, 1.807) is 0 Å². The summed E-state index contributed by atoms with van der Waals surface area (Å²) in [5.41, 5.74) is 6.15. The number of hydrogen-bond donors (Lipinski definition) is 0. The van der Waals surface area contributed by atoms with E-state index in [0.717, 1.165) is 30.8 Å². The second-order valence-electron chi connectivity index (χ2n) is 6.63. The normalized spacial score (nSPS) is 15.0. The van der Waals surface area contributed by atoms with Crippen LogP contribution in [0.2, 0.25) is 0 Å². The molecule has 1 aliphatic carbocycles. The van der Waals surface area contributed by atoms with Crippen molar-refractivity contribution in [2.75, 3.05) is 6.61 Å². The molecule has 0 spiro atoms. The zero-order valence-corrected chi connectivity index (χ0v) is 15.1. The number of benzene rings is 3. The van der Waals surface area contributed by atoms with Crippen molar-refractivity contribution in [2.24, 2.45) is 4.99 Å². The fourth-order valence-electron chi connectivity index (χ4n) is 3.45. The minimum atomic E-state index is 0.0242. The van der Waals surface area contributed by atoms with Crippen molar-refractivity contribution < 1.29 is 4.74 Å². The fourth-order valence-corrected chi connectivity index (χ4v) is 3.45. The Bertz CT molecular complexity index is 915. The first-order valence-corrected chi connectivity index (χ1v) is 9.31. The van der Waals surface area contributed by atoms with Crippen molar-refractivity contribution >= 4 is 6.21 Å². The molecule has 26 heavy (non-hydrogen) atoms. The first kappa shape index (κ1) is 16.6. The maximum atomic E-state index is 5.93. The number of fused-ring (bicyclic) bond motifs is 3. The lowest BCUT2D eigenvalue weighted by atomic mass is 10.1. The number of unbranched alkanes of at least 4 members (excludes halogenated alkanes) is 1. The third kappa shape index (κ3) is 3.28. The Morgan fingerprint density at radius 2 is 1.65 bits per heavy atom. The van der Waals surface area contributed by atoms with Gasteiger partial charge in [-0.3, -0.25) is 4.99 Å². The molecule has 130 valence electrons. The Kier molecular flexibility index (Phi) is 4.83. The molecule has 0 N–H and O–H groups in total. The highest BCUT2D eigenvalue weighted by Crippen LogP contribution is 2.46. The number of hydrogen-bond acceptors (Lipinski definition) is 2. The van der Waals surface area contributed by atoms with Crippen molar-refractivity contribution in [1.82, 2.24) is 0 Å². The van der Waals surface area contributed by atoms with Crippen LogP contribution in [0.3, 0.4) is 0 Å². The largest absolute Gasteiger partial charge is 0.494 e. The van der Waals surface area contributed by atoms with Gasteiger partial charge in [-0.05, 0) is 46.4 Å². The third-order valence-electron chi connectivity index (χ3n) is 4.80. The van der Waals surface area contributed by atoms with Crippen LogP contribution in [0.25, 0.3) is 11.1 Å². The van der Waals surface area contributed by atoms with Crippen molar-refractivity contribution in [2.45, 2.75) is 25.8 Å². The summed E-state index contributed by atoms with van der Waals surface area (Å²) >= 11 is 0. The van der Waals surface area contributed by atoms with Crippen LogP contribution in [-0.4, -0.2) is 12.8 Å². The summed E-state index contributed by atoms with van der Waals surface area (Å²) in [6, 6.07) is 25.3. The van der Waals surface area contributed by atoms with E-state index in [1.807, 2.05) is 24.4 Å². The average Bonchev–Trinajstić information content (AvgIpc) is 3.00. The summed E-state index contributed by atoms with van der Waals surface area (Å²) in [5, 5.41) is 0. The molecule has 1 aliphatic rings. The van der Waals surface area contributed by atoms with Crippen LogP contribution in [0.5, 0.6) is 5.75 Å². The van der Waals surface area contributed by atoms with E-state index in [1.165, 1.54) is 22.3 Å². The fraction of sp³-hybridized carbons (Fsp3) is 0.208. The molecule has 0 aliphatic heterocycles. The van der Waals surface area contributed by atoms with Gasteiger partial charge in [0.1, 0.15) is 11.8 Å². The van der Waals surface area contributed by atoms with Crippen molar-refractivity contribution in [3.63, 3.8) is 0 Å². The smallest absolute Gasteiger partial charge is 0.119 e. The molecule has 1 unspecified atom stereocenters. The molecule has 0 radical (unpaired) electrons. The topological polar surface area (TPSA) is 21.6 Å². The lowest BCUT2D eigenvalue weighted by Crippen LogP contribution is -1.98. The second kappa shape index (κ2) is 7.57. The first-order valence-electron chi connectivity index (χ1n) is 9.31. The predicted octanol–water partition coefficient (Wildman–Crippen LogP) is 6.05. The lowest BCUT2D eigenvalue weighted by Gasteiger charge is -2.11. The van der Waals surface area contributed by atoms with E-state index in [4.69, 9.17) is 9.73 Å². The molecule has 2 heteroatoms. The summed E-state index contributed by atoms with van der Waals surface area (Å²) in [7, 11) is 0. The van der Waals surface area contributed by atoms with Gasteiger partial charge in [-0.2, -0.15) is 0 Å². The highest BCUT2D eigenvalue weighted by Gasteiger charge is 2.28. The first-order chi connectivity index (χ1) is 12.9. The number of nitrogens with zero attached hydrogens (tertiary/aromatic N) is 1. The standard InChI is InChI=1S/C24H23NO/c1-2-3-15-26-19-13-14-21-20-11-7-8-12-22(20)24(23(21)16-19)25-17-18-9-5-4-6-10-18/h4-14,16-17,24H,2-3,15H2,1H3. The van der Waals surface area contributed by atoms with E-state index in [-0.39, 0.29) is 6.04 Å². The molecule has 2 nitrogen and oxygen atoms in total. The summed E-state index contributed by atoms with van der Waals surface area (Å²) in [4.78, 5) is 4.93.